The summed E-state index contributed by atoms with van der Waals surface area (Å²) in [5.74, 6) is 0.278. The van der Waals surface area contributed by atoms with Gasteiger partial charge in [0.05, 0.1) is 18.8 Å². The summed E-state index contributed by atoms with van der Waals surface area (Å²) in [7, 11) is 2.02. The summed E-state index contributed by atoms with van der Waals surface area (Å²) in [6, 6.07) is 10.4. The van der Waals surface area contributed by atoms with Crippen molar-refractivity contribution in [2.75, 3.05) is 33.3 Å². The molecule has 4 nitrogen and oxygen atoms in total. The lowest BCUT2D eigenvalue weighted by Gasteiger charge is -2.42. The Balaban J connectivity index is 1.57. The fourth-order valence-electron chi connectivity index (χ4n) is 2.96. The second-order valence-electron chi connectivity index (χ2n) is 5.75. The van der Waals surface area contributed by atoms with Crippen molar-refractivity contribution in [3.05, 3.63) is 35.9 Å². The monoisotopic (exact) mass is 274 g/mol. The lowest BCUT2D eigenvalue weighted by Crippen LogP contribution is -2.58. The smallest absolute Gasteiger partial charge is 0.240 e. The molecule has 0 spiro atoms. The molecule has 0 aliphatic carbocycles. The van der Waals surface area contributed by atoms with Gasteiger partial charge >= 0.3 is 0 Å². The highest BCUT2D eigenvalue weighted by Crippen LogP contribution is 2.19. The minimum absolute atomic E-state index is 0.102. The predicted octanol–water partition coefficient (Wildman–Crippen LogP) is 1.16. The van der Waals surface area contributed by atoms with E-state index in [9.17, 15) is 4.79 Å². The maximum absolute atomic E-state index is 12.4. The van der Waals surface area contributed by atoms with Crippen LogP contribution < -0.4 is 0 Å². The van der Waals surface area contributed by atoms with Crippen molar-refractivity contribution in [2.45, 2.75) is 25.0 Å². The Labute approximate surface area is 120 Å². The number of rotatable bonds is 3. The fraction of sp³-hybridized carbons (Fsp3) is 0.562. The number of hydrogen-bond donors (Lipinski definition) is 0. The third-order valence-corrected chi connectivity index (χ3v) is 4.33. The van der Waals surface area contributed by atoms with Gasteiger partial charge in [0.25, 0.3) is 0 Å². The average Bonchev–Trinajstić information content (AvgIpc) is 2.47. The lowest BCUT2D eigenvalue weighted by atomic mass is 10.0. The van der Waals surface area contributed by atoms with E-state index in [-0.39, 0.29) is 18.1 Å². The van der Waals surface area contributed by atoms with Gasteiger partial charge in [-0.3, -0.25) is 9.69 Å². The van der Waals surface area contributed by atoms with Crippen LogP contribution in [0.25, 0.3) is 0 Å². The Hall–Kier alpha value is -1.39. The van der Waals surface area contributed by atoms with Crippen LogP contribution in [0.3, 0.4) is 0 Å². The summed E-state index contributed by atoms with van der Waals surface area (Å²) >= 11 is 0. The van der Waals surface area contributed by atoms with Crippen LogP contribution in [0.5, 0.6) is 0 Å². The lowest BCUT2D eigenvalue weighted by molar-refractivity contribution is -0.148. The number of likely N-dealkylation sites (tertiary alicyclic amines) is 1. The van der Waals surface area contributed by atoms with Crippen molar-refractivity contribution in [3.63, 3.8) is 0 Å². The SMILES string of the molecule is CN1CC[C@H]1C(=O)N1CCOC(Cc2ccccc2)C1. The van der Waals surface area contributed by atoms with Crippen LogP contribution in [0.1, 0.15) is 12.0 Å². The molecule has 0 saturated carbocycles. The molecular weight excluding hydrogens is 252 g/mol. The molecule has 2 atom stereocenters. The molecule has 2 fully saturated rings. The van der Waals surface area contributed by atoms with Gasteiger partial charge in [-0.25, -0.2) is 0 Å². The Morgan fingerprint density at radius 3 is 2.75 bits per heavy atom. The first-order chi connectivity index (χ1) is 9.74. The first-order valence-corrected chi connectivity index (χ1v) is 7.38. The van der Waals surface area contributed by atoms with Crippen molar-refractivity contribution < 1.29 is 9.53 Å². The van der Waals surface area contributed by atoms with Crippen LogP contribution in [-0.4, -0.2) is 61.1 Å². The molecule has 0 aromatic heterocycles. The van der Waals surface area contributed by atoms with Crippen LogP contribution in [0.2, 0.25) is 0 Å². The molecule has 3 rings (SSSR count). The third-order valence-electron chi connectivity index (χ3n) is 4.33. The zero-order chi connectivity index (χ0) is 13.9. The van der Waals surface area contributed by atoms with E-state index in [2.05, 4.69) is 17.0 Å². The molecule has 1 aromatic rings. The number of ether oxygens (including phenoxy) is 1. The molecular formula is C16H22N2O2. The van der Waals surface area contributed by atoms with Gasteiger partial charge < -0.3 is 9.64 Å². The van der Waals surface area contributed by atoms with Gasteiger partial charge in [-0.2, -0.15) is 0 Å². The van der Waals surface area contributed by atoms with Gasteiger partial charge in [-0.15, -0.1) is 0 Å². The summed E-state index contributed by atoms with van der Waals surface area (Å²) < 4.78 is 5.81. The molecule has 2 aliphatic rings. The van der Waals surface area contributed by atoms with E-state index in [1.165, 1.54) is 5.56 Å². The fourth-order valence-corrected chi connectivity index (χ4v) is 2.96. The summed E-state index contributed by atoms with van der Waals surface area (Å²) in [5, 5.41) is 0. The number of carbonyl (C=O) groups is 1. The highest BCUT2D eigenvalue weighted by molar-refractivity contribution is 5.82. The summed E-state index contributed by atoms with van der Waals surface area (Å²) in [5.41, 5.74) is 1.27. The molecule has 1 unspecified atom stereocenters. The molecule has 1 amide bonds. The number of morpholine rings is 1. The van der Waals surface area contributed by atoms with Gasteiger partial charge in [0.1, 0.15) is 0 Å². The van der Waals surface area contributed by atoms with E-state index in [0.29, 0.717) is 6.61 Å². The molecule has 2 saturated heterocycles. The number of likely N-dealkylation sites (N-methyl/N-ethyl adjacent to an activating group) is 1. The first-order valence-electron chi connectivity index (χ1n) is 7.38. The predicted molar refractivity (Wildman–Crippen MR) is 77.5 cm³/mol. The summed E-state index contributed by atoms with van der Waals surface area (Å²) in [6.45, 7) is 3.14. The Kier molecular flexibility index (Phi) is 4.03. The largest absolute Gasteiger partial charge is 0.374 e. The maximum atomic E-state index is 12.4. The summed E-state index contributed by atoms with van der Waals surface area (Å²) in [6.07, 6.45) is 2.00. The molecule has 0 N–H and O–H groups in total. The van der Waals surface area contributed by atoms with Crippen molar-refractivity contribution in [2.24, 2.45) is 0 Å². The van der Waals surface area contributed by atoms with E-state index in [1.807, 2.05) is 30.1 Å². The van der Waals surface area contributed by atoms with Crippen LogP contribution in [0.15, 0.2) is 30.3 Å². The summed E-state index contributed by atoms with van der Waals surface area (Å²) in [4.78, 5) is 16.5. The topological polar surface area (TPSA) is 32.8 Å². The van der Waals surface area contributed by atoms with Gasteiger partial charge in [0.2, 0.25) is 5.91 Å². The minimum Gasteiger partial charge on any atom is -0.374 e. The molecule has 2 aliphatic heterocycles. The van der Waals surface area contributed by atoms with Crippen molar-refractivity contribution >= 4 is 5.91 Å². The molecule has 0 bridgehead atoms. The Morgan fingerprint density at radius 2 is 2.10 bits per heavy atom. The van der Waals surface area contributed by atoms with E-state index < -0.39 is 0 Å². The molecule has 20 heavy (non-hydrogen) atoms. The quantitative estimate of drug-likeness (QED) is 0.829. The highest BCUT2D eigenvalue weighted by atomic mass is 16.5. The van der Waals surface area contributed by atoms with E-state index >= 15 is 0 Å². The Bertz CT molecular complexity index is 463. The second kappa shape index (κ2) is 5.94. The normalized spacial score (nSPS) is 27.1. The van der Waals surface area contributed by atoms with Crippen molar-refractivity contribution in [3.8, 4) is 0 Å². The van der Waals surface area contributed by atoms with Crippen LogP contribution in [0, 0.1) is 0 Å². The van der Waals surface area contributed by atoms with Gasteiger partial charge in [0.15, 0.2) is 0 Å². The van der Waals surface area contributed by atoms with E-state index in [1.54, 1.807) is 0 Å². The van der Waals surface area contributed by atoms with Crippen molar-refractivity contribution in [1.29, 1.82) is 0 Å². The zero-order valence-corrected chi connectivity index (χ0v) is 12.0. The number of nitrogens with zero attached hydrogens (tertiary/aromatic N) is 2. The zero-order valence-electron chi connectivity index (χ0n) is 12.0. The molecule has 4 heteroatoms. The molecule has 1 aromatic carbocycles. The van der Waals surface area contributed by atoms with Crippen LogP contribution in [0.4, 0.5) is 0 Å². The number of carbonyl (C=O) groups excluding carboxylic acids is 1. The van der Waals surface area contributed by atoms with Crippen LogP contribution >= 0.6 is 0 Å². The molecule has 108 valence electrons. The third kappa shape index (κ3) is 2.86. The first kappa shape index (κ1) is 13.6. The second-order valence-corrected chi connectivity index (χ2v) is 5.75. The number of benzene rings is 1. The standard InChI is InChI=1S/C16H22N2O2/c1-17-8-7-15(17)16(19)18-9-10-20-14(12-18)11-13-5-3-2-4-6-13/h2-6,14-15H,7-12H2,1H3/t14?,15-/m0/s1. The van der Waals surface area contributed by atoms with Crippen molar-refractivity contribution in [1.82, 2.24) is 9.80 Å². The maximum Gasteiger partial charge on any atom is 0.240 e. The van der Waals surface area contributed by atoms with E-state index in [4.69, 9.17) is 4.74 Å². The average molecular weight is 274 g/mol. The number of amides is 1. The Morgan fingerprint density at radius 1 is 1.30 bits per heavy atom. The molecule has 0 radical (unpaired) electrons. The minimum atomic E-state index is 0.102. The van der Waals surface area contributed by atoms with Gasteiger partial charge in [0, 0.05) is 26.1 Å². The van der Waals surface area contributed by atoms with Gasteiger partial charge in [-0.05, 0) is 19.0 Å². The van der Waals surface area contributed by atoms with Crippen LogP contribution in [-0.2, 0) is 16.0 Å². The van der Waals surface area contributed by atoms with E-state index in [0.717, 1.165) is 32.5 Å². The highest BCUT2D eigenvalue weighted by Gasteiger charge is 2.36. The van der Waals surface area contributed by atoms with Gasteiger partial charge in [-0.1, -0.05) is 30.3 Å². The number of hydrogen-bond acceptors (Lipinski definition) is 3. The molecule has 2 heterocycles.